The van der Waals surface area contributed by atoms with Crippen LogP contribution in [0, 0.1) is 23.6 Å². The number of rotatable bonds is 10. The Balaban J connectivity index is 1.30. The van der Waals surface area contributed by atoms with E-state index in [-0.39, 0.29) is 54.9 Å². The number of carbonyl (C=O) groups excluding carboxylic acids is 3. The second kappa shape index (κ2) is 13.0. The predicted molar refractivity (Wildman–Crippen MR) is 164 cm³/mol. The smallest absolute Gasteiger partial charge is 0.334 e. The lowest BCUT2D eigenvalue weighted by Gasteiger charge is -2.34. The fourth-order valence-corrected chi connectivity index (χ4v) is 6.54. The highest BCUT2D eigenvalue weighted by Gasteiger charge is 2.48. The number of aromatic nitrogens is 2. The molecule has 3 heterocycles. The van der Waals surface area contributed by atoms with Crippen molar-refractivity contribution in [2.45, 2.75) is 45.2 Å². The number of H-pyrrole nitrogens is 1. The fraction of sp³-hybridized carbons (Fsp3) is 0.424. The van der Waals surface area contributed by atoms with Crippen LogP contribution < -0.4 is 40.3 Å². The maximum absolute atomic E-state index is 13.7. The third-order valence-electron chi connectivity index (χ3n) is 8.68. The Morgan fingerprint density at radius 1 is 1.04 bits per heavy atom. The molecule has 48 heavy (non-hydrogen) atoms. The van der Waals surface area contributed by atoms with Crippen LogP contribution in [0.2, 0.25) is 0 Å². The molecule has 1 saturated heterocycles. The molecule has 14 nitrogen and oxygen atoms in total. The summed E-state index contributed by atoms with van der Waals surface area (Å²) in [5.74, 6) is -2.90. The number of nitrogens with zero attached hydrogens (tertiary/aromatic N) is 1. The maximum Gasteiger partial charge on any atom is 0.334 e. The third kappa shape index (κ3) is 6.19. The molecule has 2 N–H and O–H groups in total. The van der Waals surface area contributed by atoms with Gasteiger partial charge in [-0.3, -0.25) is 23.9 Å². The van der Waals surface area contributed by atoms with E-state index in [1.165, 1.54) is 14.2 Å². The first-order valence-electron chi connectivity index (χ1n) is 15.3. The molecular weight excluding hydrogens is 633 g/mol. The molecule has 0 saturated carbocycles. The molecule has 6 rings (SSSR count). The Labute approximate surface area is 273 Å². The van der Waals surface area contributed by atoms with Crippen molar-refractivity contribution in [3.63, 3.8) is 0 Å². The number of amides is 1. The number of halogens is 1. The van der Waals surface area contributed by atoms with Gasteiger partial charge in [0.25, 0.3) is 5.56 Å². The molecule has 15 heteroatoms. The molecule has 254 valence electrons. The lowest BCUT2D eigenvalue weighted by Crippen LogP contribution is -2.46. The summed E-state index contributed by atoms with van der Waals surface area (Å²) in [5.41, 5.74) is 0.320. The highest BCUT2D eigenvalue weighted by molar-refractivity contribution is 5.86. The van der Waals surface area contributed by atoms with Crippen molar-refractivity contribution in [3.8, 4) is 28.7 Å². The summed E-state index contributed by atoms with van der Waals surface area (Å²) in [5, 5.41) is 2.53. The van der Waals surface area contributed by atoms with E-state index in [1.807, 2.05) is 26.0 Å². The summed E-state index contributed by atoms with van der Waals surface area (Å²) in [6.45, 7) is 3.39. The van der Waals surface area contributed by atoms with Crippen LogP contribution in [0.5, 0.6) is 28.7 Å². The predicted octanol–water partition coefficient (Wildman–Crippen LogP) is 2.04. The Morgan fingerprint density at radius 2 is 1.73 bits per heavy atom. The molecule has 3 aromatic rings. The Kier molecular flexibility index (Phi) is 8.86. The van der Waals surface area contributed by atoms with Gasteiger partial charge in [0.05, 0.1) is 32.9 Å². The minimum atomic E-state index is -1.24. The van der Waals surface area contributed by atoms with E-state index < -0.39 is 53.4 Å². The number of fused-ring (bicyclic) bond motifs is 3. The van der Waals surface area contributed by atoms with Gasteiger partial charge in [-0.2, -0.15) is 4.39 Å². The van der Waals surface area contributed by atoms with Gasteiger partial charge in [0.1, 0.15) is 12.6 Å². The SMILES string of the molecule is COc1cc([C@@H]2c3cc4c(cc3C[C@H]3COC(=O)[C@@H]32)OCO4)cc(OC)c1OC(=O)[C@H](CC(C)C)NC(=O)Cn1cc(F)c(=O)[nH]c1=O. The number of hydrogen-bond acceptors (Lipinski definition) is 11. The molecule has 1 fully saturated rings. The highest BCUT2D eigenvalue weighted by Crippen LogP contribution is 2.52. The van der Waals surface area contributed by atoms with Crippen LogP contribution >= 0.6 is 0 Å². The van der Waals surface area contributed by atoms with Crippen LogP contribution in [0.1, 0.15) is 42.9 Å². The van der Waals surface area contributed by atoms with Gasteiger partial charge < -0.3 is 33.7 Å². The van der Waals surface area contributed by atoms with Crippen molar-refractivity contribution in [2.24, 2.45) is 17.8 Å². The van der Waals surface area contributed by atoms with Crippen LogP contribution in [0.4, 0.5) is 4.39 Å². The monoisotopic (exact) mass is 667 g/mol. The quantitative estimate of drug-likeness (QED) is 0.239. The number of esters is 2. The number of carbonyl (C=O) groups is 3. The Hall–Kier alpha value is -5.34. The first-order chi connectivity index (χ1) is 23.0. The number of hydrogen-bond donors (Lipinski definition) is 2. The molecule has 2 aromatic carbocycles. The topological polar surface area (TPSA) is 173 Å². The van der Waals surface area contributed by atoms with Crippen molar-refractivity contribution >= 4 is 17.8 Å². The third-order valence-corrected chi connectivity index (χ3v) is 8.68. The molecule has 1 aliphatic carbocycles. The number of aromatic amines is 1. The number of ether oxygens (including phenoxy) is 6. The van der Waals surface area contributed by atoms with Crippen molar-refractivity contribution in [3.05, 3.63) is 73.8 Å². The van der Waals surface area contributed by atoms with Crippen LogP contribution in [0.25, 0.3) is 0 Å². The van der Waals surface area contributed by atoms with E-state index >= 15 is 0 Å². The van der Waals surface area contributed by atoms with Crippen molar-refractivity contribution < 1.29 is 47.2 Å². The first kappa shape index (κ1) is 32.6. The summed E-state index contributed by atoms with van der Waals surface area (Å²) in [6.07, 6.45) is 1.39. The molecule has 0 radical (unpaired) electrons. The van der Waals surface area contributed by atoms with Gasteiger partial charge in [0, 0.05) is 11.8 Å². The van der Waals surface area contributed by atoms with Crippen LogP contribution in [0.15, 0.2) is 40.1 Å². The lowest BCUT2D eigenvalue weighted by molar-refractivity contribution is -0.141. The Morgan fingerprint density at radius 3 is 2.40 bits per heavy atom. The molecule has 1 aromatic heterocycles. The van der Waals surface area contributed by atoms with Gasteiger partial charge in [-0.1, -0.05) is 13.8 Å². The zero-order chi connectivity index (χ0) is 34.3. The number of cyclic esters (lactones) is 1. The molecule has 4 atom stereocenters. The Bertz CT molecular complexity index is 1880. The summed E-state index contributed by atoms with van der Waals surface area (Å²) >= 11 is 0. The van der Waals surface area contributed by atoms with Crippen LogP contribution in [0.3, 0.4) is 0 Å². The standard InChI is InChI=1S/C33H34FN3O11/c1-15(2)5-21(35-26(38)12-37-11-20(34)30(39)36-33(37)42)31(40)48-29-24(43-3)8-17(9-25(29)44-4)27-19-10-23-22(46-14-47-23)7-16(19)6-18-13-45-32(41)28(18)27/h7-11,15,18,21,27-28H,5-6,12-14H2,1-4H3,(H,35,38)(H,36,39,42)/t18-,21-,27+,28-/m0/s1. The highest BCUT2D eigenvalue weighted by atomic mass is 19.1. The fourth-order valence-electron chi connectivity index (χ4n) is 6.54. The van der Waals surface area contributed by atoms with E-state index in [2.05, 4.69) is 5.32 Å². The van der Waals surface area contributed by atoms with E-state index in [0.717, 1.165) is 11.1 Å². The molecule has 1 amide bonds. The van der Waals surface area contributed by atoms with Gasteiger partial charge in [0.15, 0.2) is 23.0 Å². The van der Waals surface area contributed by atoms with E-state index in [1.54, 1.807) is 17.1 Å². The molecular formula is C33H34FN3O11. The second-order valence-electron chi connectivity index (χ2n) is 12.3. The number of methoxy groups -OCH3 is 2. The van der Waals surface area contributed by atoms with Gasteiger partial charge in [0.2, 0.25) is 24.3 Å². The van der Waals surface area contributed by atoms with Crippen molar-refractivity contribution in [1.82, 2.24) is 14.9 Å². The molecule has 2 aliphatic heterocycles. The molecule has 0 unspecified atom stereocenters. The molecule has 0 spiro atoms. The summed E-state index contributed by atoms with van der Waals surface area (Å²) in [6, 6.07) is 5.97. The van der Waals surface area contributed by atoms with Crippen molar-refractivity contribution in [2.75, 3.05) is 27.6 Å². The second-order valence-corrected chi connectivity index (χ2v) is 12.3. The van der Waals surface area contributed by atoms with Gasteiger partial charge in [-0.15, -0.1) is 0 Å². The summed E-state index contributed by atoms with van der Waals surface area (Å²) < 4.78 is 48.3. The van der Waals surface area contributed by atoms with Crippen molar-refractivity contribution in [1.29, 1.82) is 0 Å². The summed E-state index contributed by atoms with van der Waals surface area (Å²) in [4.78, 5) is 64.7. The first-order valence-corrected chi connectivity index (χ1v) is 15.3. The minimum absolute atomic E-state index is 0.0528. The van der Waals surface area contributed by atoms with Crippen LogP contribution in [-0.4, -0.2) is 61.1 Å². The largest absolute Gasteiger partial charge is 0.493 e. The van der Waals surface area contributed by atoms with Gasteiger partial charge in [-0.25, -0.2) is 9.59 Å². The maximum atomic E-state index is 13.7. The average Bonchev–Trinajstić information content (AvgIpc) is 3.66. The number of nitrogens with one attached hydrogen (secondary N) is 2. The van der Waals surface area contributed by atoms with E-state index in [0.29, 0.717) is 34.2 Å². The van der Waals surface area contributed by atoms with E-state index in [4.69, 9.17) is 28.4 Å². The number of benzene rings is 2. The zero-order valence-electron chi connectivity index (χ0n) is 26.6. The average molecular weight is 668 g/mol. The minimum Gasteiger partial charge on any atom is -0.493 e. The zero-order valence-corrected chi connectivity index (χ0v) is 26.6. The molecule has 0 bridgehead atoms. The lowest BCUT2D eigenvalue weighted by atomic mass is 9.67. The van der Waals surface area contributed by atoms with E-state index in [9.17, 15) is 28.4 Å². The van der Waals surface area contributed by atoms with Crippen LogP contribution in [-0.2, 0) is 32.1 Å². The van der Waals surface area contributed by atoms with Gasteiger partial charge in [-0.05, 0) is 59.7 Å². The molecule has 3 aliphatic rings. The summed E-state index contributed by atoms with van der Waals surface area (Å²) in [7, 11) is 2.79. The van der Waals surface area contributed by atoms with Gasteiger partial charge >= 0.3 is 17.6 Å². The normalized spacial score (nSPS) is 19.6.